The molecule has 7 heteroatoms. The summed E-state index contributed by atoms with van der Waals surface area (Å²) < 4.78 is 27.2. The zero-order valence-corrected chi connectivity index (χ0v) is 14.7. The SMILES string of the molecule is CCCN(C1CCNC1)S(=O)(=O)c1ccc(C)c(Cl)c1.Cl. The highest BCUT2D eigenvalue weighted by Crippen LogP contribution is 2.25. The molecule has 120 valence electrons. The fourth-order valence-corrected chi connectivity index (χ4v) is 4.49. The highest BCUT2D eigenvalue weighted by molar-refractivity contribution is 7.89. The number of nitrogens with zero attached hydrogens (tertiary/aromatic N) is 1. The van der Waals surface area contributed by atoms with Crippen molar-refractivity contribution in [3.8, 4) is 0 Å². The minimum Gasteiger partial charge on any atom is -0.315 e. The van der Waals surface area contributed by atoms with Gasteiger partial charge in [0.05, 0.1) is 4.90 Å². The Hall–Kier alpha value is -0.330. The summed E-state index contributed by atoms with van der Waals surface area (Å²) in [4.78, 5) is 0.286. The summed E-state index contributed by atoms with van der Waals surface area (Å²) in [6.45, 7) is 5.99. The first-order valence-corrected chi connectivity index (χ1v) is 8.77. The van der Waals surface area contributed by atoms with E-state index in [1.54, 1.807) is 22.5 Å². The molecule has 0 spiro atoms. The molecule has 0 radical (unpaired) electrons. The summed E-state index contributed by atoms with van der Waals surface area (Å²) in [6.07, 6.45) is 1.66. The number of hydrogen-bond donors (Lipinski definition) is 1. The largest absolute Gasteiger partial charge is 0.315 e. The number of nitrogens with one attached hydrogen (secondary N) is 1. The third-order valence-corrected chi connectivity index (χ3v) is 5.99. The third kappa shape index (κ3) is 4.11. The van der Waals surface area contributed by atoms with Gasteiger partial charge in [-0.15, -0.1) is 12.4 Å². The van der Waals surface area contributed by atoms with Gasteiger partial charge in [0.2, 0.25) is 10.0 Å². The van der Waals surface area contributed by atoms with E-state index in [2.05, 4.69) is 5.32 Å². The topological polar surface area (TPSA) is 49.4 Å². The highest BCUT2D eigenvalue weighted by Gasteiger charge is 2.32. The van der Waals surface area contributed by atoms with Crippen molar-refractivity contribution in [3.05, 3.63) is 28.8 Å². The van der Waals surface area contributed by atoms with Crippen LogP contribution < -0.4 is 5.32 Å². The van der Waals surface area contributed by atoms with E-state index in [1.807, 2.05) is 13.8 Å². The Bertz CT molecular complexity index is 572. The van der Waals surface area contributed by atoms with Crippen LogP contribution in [0.1, 0.15) is 25.3 Å². The van der Waals surface area contributed by atoms with Crippen LogP contribution in [0.4, 0.5) is 0 Å². The van der Waals surface area contributed by atoms with Gasteiger partial charge >= 0.3 is 0 Å². The number of rotatable bonds is 5. The van der Waals surface area contributed by atoms with Crippen molar-refractivity contribution >= 4 is 34.0 Å². The molecule has 0 aliphatic carbocycles. The zero-order chi connectivity index (χ0) is 14.8. The molecular weight excluding hydrogens is 331 g/mol. The molecule has 1 aromatic carbocycles. The lowest BCUT2D eigenvalue weighted by molar-refractivity contribution is 0.335. The van der Waals surface area contributed by atoms with Crippen LogP contribution in [0.5, 0.6) is 0 Å². The zero-order valence-electron chi connectivity index (χ0n) is 12.3. The lowest BCUT2D eigenvalue weighted by atomic mass is 10.2. The number of hydrogen-bond acceptors (Lipinski definition) is 3. The van der Waals surface area contributed by atoms with Crippen LogP contribution >= 0.6 is 24.0 Å². The third-order valence-electron chi connectivity index (χ3n) is 3.64. The predicted molar refractivity (Wildman–Crippen MR) is 88.9 cm³/mol. The lowest BCUT2D eigenvalue weighted by Crippen LogP contribution is -2.42. The van der Waals surface area contributed by atoms with Crippen LogP contribution in [0.2, 0.25) is 5.02 Å². The van der Waals surface area contributed by atoms with Gasteiger partial charge < -0.3 is 5.32 Å². The van der Waals surface area contributed by atoms with Crippen molar-refractivity contribution in [2.24, 2.45) is 0 Å². The van der Waals surface area contributed by atoms with Gasteiger partial charge in [-0.05, 0) is 44.0 Å². The molecule has 0 saturated carbocycles. The Morgan fingerprint density at radius 3 is 2.67 bits per heavy atom. The van der Waals surface area contributed by atoms with Crippen LogP contribution in [0.25, 0.3) is 0 Å². The van der Waals surface area contributed by atoms with Crippen molar-refractivity contribution in [1.29, 1.82) is 0 Å². The van der Waals surface area contributed by atoms with Crippen molar-refractivity contribution < 1.29 is 8.42 Å². The van der Waals surface area contributed by atoms with Gasteiger partial charge in [0, 0.05) is 24.2 Å². The Balaban J connectivity index is 0.00000220. The monoisotopic (exact) mass is 352 g/mol. The second-order valence-corrected chi connectivity index (χ2v) is 7.47. The maximum Gasteiger partial charge on any atom is 0.243 e. The molecule has 0 bridgehead atoms. The van der Waals surface area contributed by atoms with Crippen molar-refractivity contribution in [2.75, 3.05) is 19.6 Å². The van der Waals surface area contributed by atoms with Gasteiger partial charge in [-0.3, -0.25) is 0 Å². The number of benzene rings is 1. The Morgan fingerprint density at radius 2 is 2.14 bits per heavy atom. The van der Waals surface area contributed by atoms with Crippen molar-refractivity contribution in [2.45, 2.75) is 37.6 Å². The van der Waals surface area contributed by atoms with E-state index in [0.717, 1.165) is 31.5 Å². The van der Waals surface area contributed by atoms with Crippen molar-refractivity contribution in [1.82, 2.24) is 9.62 Å². The molecule has 1 aliphatic heterocycles. The highest BCUT2D eigenvalue weighted by atomic mass is 35.5. The van der Waals surface area contributed by atoms with E-state index in [9.17, 15) is 8.42 Å². The molecule has 1 unspecified atom stereocenters. The molecule has 1 aliphatic rings. The summed E-state index contributed by atoms with van der Waals surface area (Å²) in [6, 6.07) is 4.99. The maximum absolute atomic E-state index is 12.8. The molecule has 21 heavy (non-hydrogen) atoms. The van der Waals surface area contributed by atoms with Crippen LogP contribution in [0, 0.1) is 6.92 Å². The van der Waals surface area contributed by atoms with E-state index in [-0.39, 0.29) is 23.3 Å². The summed E-state index contributed by atoms with van der Waals surface area (Å²) in [5, 5.41) is 3.72. The average Bonchev–Trinajstić information content (AvgIpc) is 2.92. The van der Waals surface area contributed by atoms with Gasteiger partial charge in [0.1, 0.15) is 0 Å². The smallest absolute Gasteiger partial charge is 0.243 e. The molecular formula is C14H22Cl2N2O2S. The summed E-state index contributed by atoms with van der Waals surface area (Å²) in [5.41, 5.74) is 0.884. The quantitative estimate of drug-likeness (QED) is 0.886. The Morgan fingerprint density at radius 1 is 1.43 bits per heavy atom. The van der Waals surface area contributed by atoms with Gasteiger partial charge in [0.25, 0.3) is 0 Å². The van der Waals surface area contributed by atoms with E-state index in [1.165, 1.54) is 0 Å². The number of sulfonamides is 1. The molecule has 1 fully saturated rings. The fourth-order valence-electron chi connectivity index (χ4n) is 2.47. The normalized spacial score (nSPS) is 18.8. The van der Waals surface area contributed by atoms with E-state index in [0.29, 0.717) is 11.6 Å². The molecule has 0 amide bonds. The standard InChI is InChI=1S/C14H21ClN2O2S.ClH/c1-3-8-17(12-6-7-16-10-12)20(18,19)13-5-4-11(2)14(15)9-13;/h4-5,9,12,16H,3,6-8,10H2,1-2H3;1H. The predicted octanol–water partition coefficient (Wildman–Crippen LogP) is 2.83. The van der Waals surface area contributed by atoms with Gasteiger partial charge in [-0.25, -0.2) is 8.42 Å². The molecule has 0 aromatic heterocycles. The first-order valence-electron chi connectivity index (χ1n) is 6.95. The van der Waals surface area contributed by atoms with E-state index in [4.69, 9.17) is 11.6 Å². The molecule has 1 N–H and O–H groups in total. The molecule has 1 heterocycles. The lowest BCUT2D eigenvalue weighted by Gasteiger charge is -2.27. The molecule has 1 saturated heterocycles. The second kappa shape index (κ2) is 7.79. The average molecular weight is 353 g/mol. The minimum absolute atomic E-state index is 0. The minimum atomic E-state index is -3.48. The Labute approximate surface area is 138 Å². The summed E-state index contributed by atoms with van der Waals surface area (Å²) in [7, 11) is -3.48. The van der Waals surface area contributed by atoms with E-state index >= 15 is 0 Å². The second-order valence-electron chi connectivity index (χ2n) is 5.17. The van der Waals surface area contributed by atoms with Crippen LogP contribution in [0.3, 0.4) is 0 Å². The fraction of sp³-hybridized carbons (Fsp3) is 0.571. The van der Waals surface area contributed by atoms with Crippen LogP contribution in [0.15, 0.2) is 23.1 Å². The summed E-state index contributed by atoms with van der Waals surface area (Å²) in [5.74, 6) is 0. The van der Waals surface area contributed by atoms with Crippen LogP contribution in [-0.4, -0.2) is 38.4 Å². The number of aryl methyl sites for hydroxylation is 1. The first-order chi connectivity index (χ1) is 9.46. The van der Waals surface area contributed by atoms with Gasteiger partial charge in [0.15, 0.2) is 0 Å². The van der Waals surface area contributed by atoms with Gasteiger partial charge in [-0.2, -0.15) is 4.31 Å². The molecule has 1 atom stereocenters. The Kier molecular flexibility index (Phi) is 6.94. The van der Waals surface area contributed by atoms with Gasteiger partial charge in [-0.1, -0.05) is 24.6 Å². The van der Waals surface area contributed by atoms with E-state index < -0.39 is 10.0 Å². The molecule has 2 rings (SSSR count). The molecule has 4 nitrogen and oxygen atoms in total. The van der Waals surface area contributed by atoms with Crippen molar-refractivity contribution in [3.63, 3.8) is 0 Å². The van der Waals surface area contributed by atoms with Crippen LogP contribution in [-0.2, 0) is 10.0 Å². The summed E-state index contributed by atoms with van der Waals surface area (Å²) >= 11 is 6.07. The first kappa shape index (κ1) is 18.7. The number of halogens is 2. The molecule has 1 aromatic rings. The maximum atomic E-state index is 12.8.